The van der Waals surface area contributed by atoms with Crippen LogP contribution in [0, 0.1) is 18.7 Å². The van der Waals surface area contributed by atoms with Crippen molar-refractivity contribution < 1.29 is 13.9 Å². The maximum absolute atomic E-state index is 13.4. The van der Waals surface area contributed by atoms with Gasteiger partial charge in [0.2, 0.25) is 0 Å². The van der Waals surface area contributed by atoms with Crippen molar-refractivity contribution in [1.82, 2.24) is 9.88 Å². The van der Waals surface area contributed by atoms with E-state index in [1.807, 2.05) is 25.1 Å². The molecule has 1 saturated heterocycles. The second-order valence-corrected chi connectivity index (χ2v) is 6.67. The number of rotatable bonds is 6. The van der Waals surface area contributed by atoms with Gasteiger partial charge in [0.25, 0.3) is 0 Å². The Balaban J connectivity index is 1.62. The van der Waals surface area contributed by atoms with E-state index < -0.39 is 0 Å². The van der Waals surface area contributed by atoms with Crippen LogP contribution in [0.3, 0.4) is 0 Å². The van der Waals surface area contributed by atoms with Gasteiger partial charge in [-0.2, -0.15) is 0 Å². The monoisotopic (exact) mass is 344 g/mol. The molecule has 1 unspecified atom stereocenters. The van der Waals surface area contributed by atoms with Crippen molar-refractivity contribution in [2.24, 2.45) is 5.92 Å². The fourth-order valence-corrected chi connectivity index (χ4v) is 3.57. The molecular formula is C20H25FN2O2. The molecule has 1 aliphatic rings. The first-order valence-corrected chi connectivity index (χ1v) is 8.64. The molecular weight excluding hydrogens is 319 g/mol. The first kappa shape index (κ1) is 17.7. The van der Waals surface area contributed by atoms with Gasteiger partial charge in [0.15, 0.2) is 11.5 Å². The highest BCUT2D eigenvalue weighted by Gasteiger charge is 2.24. The van der Waals surface area contributed by atoms with Crippen LogP contribution in [-0.2, 0) is 13.0 Å². The van der Waals surface area contributed by atoms with Crippen LogP contribution in [0.5, 0.6) is 11.5 Å². The van der Waals surface area contributed by atoms with Gasteiger partial charge in [0, 0.05) is 25.4 Å². The lowest BCUT2D eigenvalue weighted by Gasteiger charge is -2.18. The minimum absolute atomic E-state index is 0.131. The van der Waals surface area contributed by atoms with Crippen molar-refractivity contribution in [3.8, 4) is 11.5 Å². The standard InChI is InChI=1S/C20H25FN2O2/c1-14-10-15(4-5-17(14)21)11-16-7-9-23(12-16)13-18-20(25-3)19(24-2)6-8-22-18/h4-6,8,10,16H,7,9,11-13H2,1-3H3. The number of halogens is 1. The molecule has 0 aliphatic carbocycles. The SMILES string of the molecule is COc1ccnc(CN2CCC(Cc3ccc(F)c(C)c3)C2)c1OC. The predicted molar refractivity (Wildman–Crippen MR) is 95.6 cm³/mol. The number of nitrogens with zero attached hydrogens (tertiary/aromatic N) is 2. The van der Waals surface area contributed by atoms with Gasteiger partial charge in [-0.25, -0.2) is 4.39 Å². The van der Waals surface area contributed by atoms with Gasteiger partial charge in [-0.3, -0.25) is 9.88 Å². The van der Waals surface area contributed by atoms with E-state index in [4.69, 9.17) is 9.47 Å². The van der Waals surface area contributed by atoms with Crippen LogP contribution in [0.2, 0.25) is 0 Å². The van der Waals surface area contributed by atoms with E-state index in [0.29, 0.717) is 17.4 Å². The number of likely N-dealkylation sites (tertiary alicyclic amines) is 1. The zero-order valence-electron chi connectivity index (χ0n) is 15.1. The molecule has 5 heteroatoms. The summed E-state index contributed by atoms with van der Waals surface area (Å²) in [4.78, 5) is 6.86. The van der Waals surface area contributed by atoms with Crippen molar-refractivity contribution in [3.05, 3.63) is 53.1 Å². The van der Waals surface area contributed by atoms with Crippen molar-refractivity contribution in [2.75, 3.05) is 27.3 Å². The number of benzene rings is 1. The summed E-state index contributed by atoms with van der Waals surface area (Å²) in [5.41, 5.74) is 2.83. The van der Waals surface area contributed by atoms with Crippen LogP contribution in [-0.4, -0.2) is 37.2 Å². The highest BCUT2D eigenvalue weighted by molar-refractivity contribution is 5.42. The topological polar surface area (TPSA) is 34.6 Å². The lowest BCUT2D eigenvalue weighted by molar-refractivity contribution is 0.296. The molecule has 0 N–H and O–H groups in total. The number of aromatic nitrogens is 1. The summed E-state index contributed by atoms with van der Waals surface area (Å²) in [6, 6.07) is 7.25. The Hall–Kier alpha value is -2.14. The fourth-order valence-electron chi connectivity index (χ4n) is 3.57. The average Bonchev–Trinajstić information content (AvgIpc) is 3.04. The van der Waals surface area contributed by atoms with E-state index in [9.17, 15) is 4.39 Å². The highest BCUT2D eigenvalue weighted by Crippen LogP contribution is 2.31. The number of hydrogen-bond acceptors (Lipinski definition) is 4. The third-order valence-electron chi connectivity index (χ3n) is 4.86. The second kappa shape index (κ2) is 7.83. The normalized spacial score (nSPS) is 17.7. The quantitative estimate of drug-likeness (QED) is 0.802. The molecule has 0 bridgehead atoms. The van der Waals surface area contributed by atoms with Gasteiger partial charge in [-0.15, -0.1) is 0 Å². The Bertz CT molecular complexity index is 736. The third-order valence-corrected chi connectivity index (χ3v) is 4.86. The van der Waals surface area contributed by atoms with Crippen LogP contribution in [0.15, 0.2) is 30.5 Å². The summed E-state index contributed by atoms with van der Waals surface area (Å²) in [7, 11) is 3.28. The Morgan fingerprint density at radius 1 is 1.24 bits per heavy atom. The average molecular weight is 344 g/mol. The summed E-state index contributed by atoms with van der Waals surface area (Å²) in [5.74, 6) is 1.88. The molecule has 2 heterocycles. The smallest absolute Gasteiger partial charge is 0.183 e. The molecule has 0 amide bonds. The molecule has 2 aromatic rings. The Kier molecular flexibility index (Phi) is 5.53. The van der Waals surface area contributed by atoms with Crippen LogP contribution >= 0.6 is 0 Å². The molecule has 1 atom stereocenters. The highest BCUT2D eigenvalue weighted by atomic mass is 19.1. The van der Waals surface area contributed by atoms with E-state index in [0.717, 1.165) is 43.7 Å². The number of ether oxygens (including phenoxy) is 2. The lowest BCUT2D eigenvalue weighted by atomic mass is 9.97. The summed E-state index contributed by atoms with van der Waals surface area (Å²) >= 11 is 0. The number of hydrogen-bond donors (Lipinski definition) is 0. The van der Waals surface area contributed by atoms with Crippen LogP contribution in [0.1, 0.15) is 23.2 Å². The number of methoxy groups -OCH3 is 2. The summed E-state index contributed by atoms with van der Waals surface area (Å²) in [5, 5.41) is 0. The van der Waals surface area contributed by atoms with Gasteiger partial charge >= 0.3 is 0 Å². The van der Waals surface area contributed by atoms with Crippen molar-refractivity contribution in [3.63, 3.8) is 0 Å². The lowest BCUT2D eigenvalue weighted by Crippen LogP contribution is -2.21. The molecule has 25 heavy (non-hydrogen) atoms. The zero-order valence-corrected chi connectivity index (χ0v) is 15.1. The zero-order chi connectivity index (χ0) is 17.8. The van der Waals surface area contributed by atoms with Gasteiger partial charge in [0.1, 0.15) is 11.5 Å². The summed E-state index contributed by atoms with van der Waals surface area (Å²) < 4.78 is 24.2. The maximum Gasteiger partial charge on any atom is 0.183 e. The summed E-state index contributed by atoms with van der Waals surface area (Å²) in [6.45, 7) is 4.62. The molecule has 0 saturated carbocycles. The molecule has 0 radical (unpaired) electrons. The van der Waals surface area contributed by atoms with Gasteiger partial charge in [-0.1, -0.05) is 12.1 Å². The van der Waals surface area contributed by atoms with E-state index in [1.165, 1.54) is 5.56 Å². The first-order chi connectivity index (χ1) is 12.1. The molecule has 0 spiro atoms. The molecule has 134 valence electrons. The van der Waals surface area contributed by atoms with Gasteiger partial charge in [-0.05, 0) is 49.4 Å². The molecule has 3 rings (SSSR count). The molecule has 1 aromatic heterocycles. The van der Waals surface area contributed by atoms with Crippen LogP contribution in [0.25, 0.3) is 0 Å². The van der Waals surface area contributed by atoms with Gasteiger partial charge < -0.3 is 9.47 Å². The second-order valence-electron chi connectivity index (χ2n) is 6.67. The van der Waals surface area contributed by atoms with Crippen LogP contribution < -0.4 is 9.47 Å². The van der Waals surface area contributed by atoms with E-state index in [-0.39, 0.29) is 5.82 Å². The summed E-state index contributed by atoms with van der Waals surface area (Å²) in [6.07, 6.45) is 3.88. The fraction of sp³-hybridized carbons (Fsp3) is 0.450. The number of aryl methyl sites for hydroxylation is 1. The van der Waals surface area contributed by atoms with Crippen molar-refractivity contribution in [1.29, 1.82) is 0 Å². The van der Waals surface area contributed by atoms with Gasteiger partial charge in [0.05, 0.1) is 14.2 Å². The maximum atomic E-state index is 13.4. The van der Waals surface area contributed by atoms with Crippen LogP contribution in [0.4, 0.5) is 4.39 Å². The Morgan fingerprint density at radius 3 is 2.80 bits per heavy atom. The van der Waals surface area contributed by atoms with E-state index in [2.05, 4.69) is 9.88 Å². The first-order valence-electron chi connectivity index (χ1n) is 8.64. The molecule has 1 fully saturated rings. The Morgan fingerprint density at radius 2 is 2.08 bits per heavy atom. The Labute approximate surface area is 148 Å². The number of pyridine rings is 1. The molecule has 4 nitrogen and oxygen atoms in total. The molecule has 1 aromatic carbocycles. The molecule has 1 aliphatic heterocycles. The van der Waals surface area contributed by atoms with Crippen molar-refractivity contribution >= 4 is 0 Å². The third kappa shape index (κ3) is 4.10. The minimum atomic E-state index is -0.131. The minimum Gasteiger partial charge on any atom is -0.493 e. The predicted octanol–water partition coefficient (Wildman–Crippen LogP) is 3.61. The largest absolute Gasteiger partial charge is 0.493 e. The van der Waals surface area contributed by atoms with E-state index >= 15 is 0 Å². The van der Waals surface area contributed by atoms with E-state index in [1.54, 1.807) is 26.5 Å². The van der Waals surface area contributed by atoms with Crippen molar-refractivity contribution in [2.45, 2.75) is 26.3 Å².